The Kier molecular flexibility index (Phi) is 4.29. The predicted octanol–water partition coefficient (Wildman–Crippen LogP) is 3.67. The van der Waals surface area contributed by atoms with Gasteiger partial charge in [-0.3, -0.25) is 4.99 Å². The van der Waals surface area contributed by atoms with Crippen molar-refractivity contribution >= 4 is 28.3 Å². The van der Waals surface area contributed by atoms with Crippen molar-refractivity contribution in [1.82, 2.24) is 5.32 Å². The van der Waals surface area contributed by atoms with Gasteiger partial charge in [-0.1, -0.05) is 24.8 Å². The zero-order valence-corrected chi connectivity index (χ0v) is 11.4. The highest BCUT2D eigenvalue weighted by Crippen LogP contribution is 2.24. The summed E-state index contributed by atoms with van der Waals surface area (Å²) in [6.45, 7) is 4.41. The lowest BCUT2D eigenvalue weighted by Crippen LogP contribution is -2.29. The van der Waals surface area contributed by atoms with Crippen LogP contribution in [0, 0.1) is 0 Å². The summed E-state index contributed by atoms with van der Waals surface area (Å²) in [7, 11) is 0. The Morgan fingerprint density at radius 3 is 3.12 bits per heavy atom. The third-order valence-corrected chi connectivity index (χ3v) is 4.63. The van der Waals surface area contributed by atoms with Crippen LogP contribution in [0.15, 0.2) is 22.5 Å². The van der Waals surface area contributed by atoms with Crippen LogP contribution < -0.4 is 5.32 Å². The normalized spacial score (nSPS) is 22.6. The Hall–Kier alpha value is -0.480. The number of amidine groups is 1. The van der Waals surface area contributed by atoms with Gasteiger partial charge < -0.3 is 5.32 Å². The SMILES string of the molecule is CCC(NC1=NC(C)CCS1)c1cccs1. The summed E-state index contributed by atoms with van der Waals surface area (Å²) in [5, 5.41) is 6.82. The molecule has 2 nitrogen and oxygen atoms in total. The summed E-state index contributed by atoms with van der Waals surface area (Å²) in [5.74, 6) is 1.19. The summed E-state index contributed by atoms with van der Waals surface area (Å²) in [6, 6.07) is 5.22. The molecule has 88 valence electrons. The zero-order chi connectivity index (χ0) is 11.4. The number of thiophene rings is 1. The van der Waals surface area contributed by atoms with Gasteiger partial charge in [0.15, 0.2) is 5.17 Å². The van der Waals surface area contributed by atoms with Gasteiger partial charge >= 0.3 is 0 Å². The second-order valence-electron chi connectivity index (χ2n) is 4.04. The molecular weight excluding hydrogens is 236 g/mol. The van der Waals surface area contributed by atoms with Crippen molar-refractivity contribution in [3.05, 3.63) is 22.4 Å². The number of nitrogens with zero attached hydrogens (tertiary/aromatic N) is 1. The lowest BCUT2D eigenvalue weighted by Gasteiger charge is -2.22. The van der Waals surface area contributed by atoms with E-state index in [4.69, 9.17) is 0 Å². The van der Waals surface area contributed by atoms with Gasteiger partial charge in [-0.05, 0) is 31.2 Å². The molecule has 16 heavy (non-hydrogen) atoms. The van der Waals surface area contributed by atoms with Crippen LogP contribution in [0.25, 0.3) is 0 Å². The van der Waals surface area contributed by atoms with Crippen molar-refractivity contribution < 1.29 is 0 Å². The van der Waals surface area contributed by atoms with Gasteiger partial charge in [0.05, 0.1) is 12.1 Å². The first kappa shape index (κ1) is 12.0. The average molecular weight is 254 g/mol. The Morgan fingerprint density at radius 1 is 1.62 bits per heavy atom. The third-order valence-electron chi connectivity index (χ3n) is 2.70. The van der Waals surface area contributed by atoms with Crippen LogP contribution in [0.3, 0.4) is 0 Å². The Labute approximate surface area is 106 Å². The van der Waals surface area contributed by atoms with E-state index < -0.39 is 0 Å². The van der Waals surface area contributed by atoms with Crippen LogP contribution >= 0.6 is 23.1 Å². The van der Waals surface area contributed by atoms with Crippen LogP contribution in [-0.4, -0.2) is 17.0 Å². The van der Waals surface area contributed by atoms with Crippen LogP contribution in [-0.2, 0) is 0 Å². The fourth-order valence-electron chi connectivity index (χ4n) is 1.72. The molecule has 4 heteroatoms. The first-order valence-electron chi connectivity index (χ1n) is 5.80. The highest BCUT2D eigenvalue weighted by atomic mass is 32.2. The molecule has 1 aliphatic rings. The van der Waals surface area contributed by atoms with E-state index in [0.717, 1.165) is 11.6 Å². The van der Waals surface area contributed by atoms with Crippen molar-refractivity contribution in [2.75, 3.05) is 5.75 Å². The maximum atomic E-state index is 4.65. The fraction of sp³-hybridized carbons (Fsp3) is 0.583. The maximum Gasteiger partial charge on any atom is 0.157 e. The van der Waals surface area contributed by atoms with E-state index in [-0.39, 0.29) is 0 Å². The maximum absolute atomic E-state index is 4.65. The molecular formula is C12H18N2S2. The molecule has 0 amide bonds. The van der Waals surface area contributed by atoms with Crippen LogP contribution in [0.1, 0.15) is 37.6 Å². The predicted molar refractivity (Wildman–Crippen MR) is 74.5 cm³/mol. The van der Waals surface area contributed by atoms with Crippen LogP contribution in [0.5, 0.6) is 0 Å². The first-order valence-corrected chi connectivity index (χ1v) is 7.66. The lowest BCUT2D eigenvalue weighted by molar-refractivity contribution is 0.629. The Bertz CT molecular complexity index is 346. The second kappa shape index (κ2) is 5.73. The van der Waals surface area contributed by atoms with E-state index in [2.05, 4.69) is 41.7 Å². The van der Waals surface area contributed by atoms with E-state index in [1.54, 1.807) is 0 Å². The van der Waals surface area contributed by atoms with Crippen molar-refractivity contribution in [2.45, 2.75) is 38.8 Å². The smallest absolute Gasteiger partial charge is 0.157 e. The van der Waals surface area contributed by atoms with E-state index in [1.807, 2.05) is 23.1 Å². The summed E-state index contributed by atoms with van der Waals surface area (Å²) >= 11 is 3.67. The van der Waals surface area contributed by atoms with Gasteiger partial charge in [0.1, 0.15) is 0 Å². The minimum atomic E-state index is 0.427. The molecule has 0 radical (unpaired) electrons. The monoisotopic (exact) mass is 254 g/mol. The van der Waals surface area contributed by atoms with E-state index in [9.17, 15) is 0 Å². The van der Waals surface area contributed by atoms with Gasteiger partial charge in [0.2, 0.25) is 0 Å². The van der Waals surface area contributed by atoms with Crippen LogP contribution in [0.2, 0.25) is 0 Å². The fourth-order valence-corrected chi connectivity index (χ4v) is 3.71. The van der Waals surface area contributed by atoms with E-state index in [0.29, 0.717) is 12.1 Å². The van der Waals surface area contributed by atoms with Crippen molar-refractivity contribution in [3.8, 4) is 0 Å². The number of rotatable bonds is 3. The first-order chi connectivity index (χ1) is 7.79. The second-order valence-corrected chi connectivity index (χ2v) is 6.10. The Morgan fingerprint density at radius 2 is 2.50 bits per heavy atom. The number of aliphatic imine (C=N–C) groups is 1. The molecule has 0 fully saturated rings. The summed E-state index contributed by atoms with van der Waals surface area (Å²) in [4.78, 5) is 6.06. The number of hydrogen-bond acceptors (Lipinski definition) is 4. The summed E-state index contributed by atoms with van der Waals surface area (Å²) < 4.78 is 0. The average Bonchev–Trinajstić information content (AvgIpc) is 2.79. The molecule has 0 aliphatic carbocycles. The molecule has 1 aliphatic heterocycles. The molecule has 0 saturated heterocycles. The van der Waals surface area contributed by atoms with Gasteiger partial charge in [0, 0.05) is 10.6 Å². The van der Waals surface area contributed by atoms with Gasteiger partial charge in [-0.15, -0.1) is 11.3 Å². The van der Waals surface area contributed by atoms with Gasteiger partial charge in [0.25, 0.3) is 0 Å². The van der Waals surface area contributed by atoms with E-state index >= 15 is 0 Å². The highest BCUT2D eigenvalue weighted by molar-refractivity contribution is 8.13. The lowest BCUT2D eigenvalue weighted by atomic mass is 10.2. The molecule has 1 aromatic heterocycles. The number of hydrogen-bond donors (Lipinski definition) is 1. The molecule has 0 spiro atoms. The van der Waals surface area contributed by atoms with Gasteiger partial charge in [-0.2, -0.15) is 0 Å². The molecule has 0 aromatic carbocycles. The molecule has 0 saturated carbocycles. The molecule has 1 aromatic rings. The molecule has 2 atom stereocenters. The molecule has 2 unspecified atom stereocenters. The largest absolute Gasteiger partial charge is 0.357 e. The number of thioether (sulfide) groups is 1. The minimum absolute atomic E-state index is 0.427. The standard InChI is InChI=1S/C12H18N2S2/c1-3-10(11-5-4-7-15-11)14-12-13-9(2)6-8-16-12/h4-5,7,9-10H,3,6,8H2,1-2H3,(H,13,14). The summed E-state index contributed by atoms with van der Waals surface area (Å²) in [6.07, 6.45) is 2.31. The van der Waals surface area contributed by atoms with Crippen molar-refractivity contribution in [3.63, 3.8) is 0 Å². The van der Waals surface area contributed by atoms with Crippen molar-refractivity contribution in [2.24, 2.45) is 4.99 Å². The molecule has 2 rings (SSSR count). The molecule has 1 N–H and O–H groups in total. The molecule has 2 heterocycles. The highest BCUT2D eigenvalue weighted by Gasteiger charge is 2.16. The van der Waals surface area contributed by atoms with Crippen molar-refractivity contribution in [1.29, 1.82) is 0 Å². The van der Waals surface area contributed by atoms with E-state index in [1.165, 1.54) is 17.1 Å². The zero-order valence-electron chi connectivity index (χ0n) is 9.77. The minimum Gasteiger partial charge on any atom is -0.357 e. The topological polar surface area (TPSA) is 24.4 Å². The van der Waals surface area contributed by atoms with Crippen LogP contribution in [0.4, 0.5) is 0 Å². The summed E-state index contributed by atoms with van der Waals surface area (Å²) in [5.41, 5.74) is 0. The van der Waals surface area contributed by atoms with Gasteiger partial charge in [-0.25, -0.2) is 0 Å². The third kappa shape index (κ3) is 3.01. The quantitative estimate of drug-likeness (QED) is 0.890. The Balaban J connectivity index is 2.02. The molecule has 0 bridgehead atoms. The number of nitrogens with one attached hydrogen (secondary N) is 1.